The smallest absolute Gasteiger partial charge is 0.229 e. The molecule has 1 aliphatic rings. The van der Waals surface area contributed by atoms with Crippen molar-refractivity contribution in [3.8, 4) is 5.75 Å². The number of benzene rings is 1. The molecule has 0 N–H and O–H groups in total. The average molecular weight is 282 g/mol. The van der Waals surface area contributed by atoms with Gasteiger partial charge in [-0.15, -0.1) is 11.6 Å². The summed E-state index contributed by atoms with van der Waals surface area (Å²) in [6, 6.07) is 7.88. The molecule has 104 valence electrons. The molecule has 1 aromatic carbocycles. The number of para-hydroxylation sites is 1. The molecule has 4 heteroatoms. The number of carbonyl (C=O) groups excluding carboxylic acids is 1. The average Bonchev–Trinajstić information content (AvgIpc) is 2.45. The summed E-state index contributed by atoms with van der Waals surface area (Å²) in [7, 11) is 1.81. The molecule has 0 spiro atoms. The predicted molar refractivity (Wildman–Crippen MR) is 76.7 cm³/mol. The Kier molecular flexibility index (Phi) is 4.04. The first kappa shape index (κ1) is 14.2. The first-order valence-corrected chi connectivity index (χ1v) is 7.03. The van der Waals surface area contributed by atoms with Crippen molar-refractivity contribution >= 4 is 17.5 Å². The van der Waals surface area contributed by atoms with Gasteiger partial charge in [-0.05, 0) is 31.9 Å². The second-order valence-corrected chi connectivity index (χ2v) is 5.93. The van der Waals surface area contributed by atoms with Crippen LogP contribution in [0.2, 0.25) is 0 Å². The lowest BCUT2D eigenvalue weighted by molar-refractivity contribution is -0.139. The molecule has 0 saturated carbocycles. The van der Waals surface area contributed by atoms with Crippen molar-refractivity contribution in [2.24, 2.45) is 5.92 Å². The van der Waals surface area contributed by atoms with Crippen LogP contribution in [0.25, 0.3) is 0 Å². The minimum absolute atomic E-state index is 0.0974. The van der Waals surface area contributed by atoms with Crippen LogP contribution in [-0.2, 0) is 11.2 Å². The van der Waals surface area contributed by atoms with Crippen LogP contribution in [0.4, 0.5) is 0 Å². The van der Waals surface area contributed by atoms with Crippen LogP contribution in [0.1, 0.15) is 19.4 Å². The fourth-order valence-corrected chi connectivity index (χ4v) is 2.33. The molecule has 1 amide bonds. The maximum Gasteiger partial charge on any atom is 0.229 e. The Morgan fingerprint density at radius 2 is 2.16 bits per heavy atom. The highest BCUT2D eigenvalue weighted by Crippen LogP contribution is 2.28. The van der Waals surface area contributed by atoms with Crippen molar-refractivity contribution in [3.05, 3.63) is 29.8 Å². The van der Waals surface area contributed by atoms with Gasteiger partial charge in [-0.25, -0.2) is 0 Å². The fraction of sp³-hybridized carbons (Fsp3) is 0.533. The zero-order valence-electron chi connectivity index (χ0n) is 11.6. The van der Waals surface area contributed by atoms with Crippen LogP contribution in [0.5, 0.6) is 5.75 Å². The highest BCUT2D eigenvalue weighted by molar-refractivity contribution is 6.18. The summed E-state index contributed by atoms with van der Waals surface area (Å²) in [5.41, 5.74) is 0.763. The van der Waals surface area contributed by atoms with Crippen molar-refractivity contribution < 1.29 is 9.53 Å². The van der Waals surface area contributed by atoms with Crippen LogP contribution >= 0.6 is 11.6 Å². The first-order valence-electron chi connectivity index (χ1n) is 6.50. The minimum Gasteiger partial charge on any atom is -0.492 e. The second kappa shape index (κ2) is 5.41. The van der Waals surface area contributed by atoms with Crippen molar-refractivity contribution in [1.29, 1.82) is 0 Å². The summed E-state index contributed by atoms with van der Waals surface area (Å²) in [5, 5.41) is 0. The molecule has 1 aliphatic heterocycles. The number of halogens is 1. The third kappa shape index (κ3) is 2.86. The molecule has 19 heavy (non-hydrogen) atoms. The summed E-state index contributed by atoms with van der Waals surface area (Å²) in [4.78, 5) is 14.2. The highest BCUT2D eigenvalue weighted by Gasteiger charge is 2.34. The van der Waals surface area contributed by atoms with Crippen molar-refractivity contribution in [2.45, 2.75) is 25.8 Å². The molecule has 0 bridgehead atoms. The SMILES string of the molecule is CN(C(=O)C1COc2ccccc2C1)C(C)(C)CCl. The number of alkyl halides is 1. The number of carbonyl (C=O) groups is 1. The monoisotopic (exact) mass is 281 g/mol. The van der Waals surface area contributed by atoms with E-state index in [4.69, 9.17) is 16.3 Å². The molecule has 1 heterocycles. The Labute approximate surface area is 119 Å². The Morgan fingerprint density at radius 3 is 2.84 bits per heavy atom. The number of hydrogen-bond acceptors (Lipinski definition) is 2. The summed E-state index contributed by atoms with van der Waals surface area (Å²) in [6.45, 7) is 4.38. The molecule has 0 saturated heterocycles. The fourth-order valence-electron chi connectivity index (χ4n) is 2.15. The Hall–Kier alpha value is -1.22. The second-order valence-electron chi connectivity index (χ2n) is 5.66. The van der Waals surface area contributed by atoms with E-state index in [9.17, 15) is 4.79 Å². The third-order valence-electron chi connectivity index (χ3n) is 3.79. The lowest BCUT2D eigenvalue weighted by Gasteiger charge is -2.37. The largest absolute Gasteiger partial charge is 0.492 e. The van der Waals surface area contributed by atoms with E-state index in [2.05, 4.69) is 0 Å². The Balaban J connectivity index is 2.11. The van der Waals surface area contributed by atoms with E-state index in [0.717, 1.165) is 17.7 Å². The van der Waals surface area contributed by atoms with E-state index in [1.54, 1.807) is 4.90 Å². The molecular weight excluding hydrogens is 262 g/mol. The third-order valence-corrected chi connectivity index (χ3v) is 4.45. The molecule has 1 aromatic rings. The Bertz CT molecular complexity index is 473. The van der Waals surface area contributed by atoms with E-state index in [0.29, 0.717) is 12.5 Å². The van der Waals surface area contributed by atoms with E-state index >= 15 is 0 Å². The quantitative estimate of drug-likeness (QED) is 0.798. The van der Waals surface area contributed by atoms with Crippen LogP contribution < -0.4 is 4.74 Å². The lowest BCUT2D eigenvalue weighted by Crippen LogP contribution is -2.50. The van der Waals surface area contributed by atoms with Gasteiger partial charge >= 0.3 is 0 Å². The topological polar surface area (TPSA) is 29.5 Å². The standard InChI is InChI=1S/C15H20ClNO2/c1-15(2,10-16)17(3)14(18)12-8-11-6-4-5-7-13(11)19-9-12/h4-7,12H,8-10H2,1-3H3. The van der Waals surface area contributed by atoms with Gasteiger partial charge in [-0.1, -0.05) is 18.2 Å². The number of rotatable bonds is 3. The van der Waals surface area contributed by atoms with Gasteiger partial charge in [0.05, 0.1) is 11.5 Å². The van der Waals surface area contributed by atoms with Crippen LogP contribution in [0, 0.1) is 5.92 Å². The summed E-state index contributed by atoms with van der Waals surface area (Å²) < 4.78 is 5.67. The van der Waals surface area contributed by atoms with Gasteiger partial charge in [0.15, 0.2) is 0 Å². The predicted octanol–water partition coefficient (Wildman–Crippen LogP) is 2.71. The molecule has 0 aliphatic carbocycles. The van der Waals surface area contributed by atoms with E-state index in [1.807, 2.05) is 45.2 Å². The van der Waals surface area contributed by atoms with E-state index in [1.165, 1.54) is 0 Å². The molecule has 2 rings (SSSR count). The molecule has 0 fully saturated rings. The molecule has 1 unspecified atom stereocenters. The molecule has 0 aromatic heterocycles. The van der Waals surface area contributed by atoms with Gasteiger partial charge in [0.1, 0.15) is 12.4 Å². The number of nitrogens with zero attached hydrogens (tertiary/aromatic N) is 1. The lowest BCUT2D eigenvalue weighted by atomic mass is 9.94. The zero-order valence-corrected chi connectivity index (χ0v) is 12.4. The Morgan fingerprint density at radius 1 is 1.47 bits per heavy atom. The number of hydrogen-bond donors (Lipinski definition) is 0. The van der Waals surface area contributed by atoms with Gasteiger partial charge < -0.3 is 9.64 Å². The zero-order chi connectivity index (χ0) is 14.0. The summed E-state index contributed by atoms with van der Waals surface area (Å²) in [5.74, 6) is 1.28. The summed E-state index contributed by atoms with van der Waals surface area (Å²) in [6.07, 6.45) is 0.734. The number of fused-ring (bicyclic) bond motifs is 1. The molecule has 1 atom stereocenters. The van der Waals surface area contributed by atoms with Crippen LogP contribution in [-0.4, -0.2) is 35.9 Å². The van der Waals surface area contributed by atoms with Crippen LogP contribution in [0.15, 0.2) is 24.3 Å². The number of ether oxygens (including phenoxy) is 1. The van der Waals surface area contributed by atoms with E-state index in [-0.39, 0.29) is 17.4 Å². The van der Waals surface area contributed by atoms with Crippen molar-refractivity contribution in [3.63, 3.8) is 0 Å². The minimum atomic E-state index is -0.338. The van der Waals surface area contributed by atoms with Crippen LogP contribution in [0.3, 0.4) is 0 Å². The van der Waals surface area contributed by atoms with Gasteiger partial charge in [0, 0.05) is 12.9 Å². The van der Waals surface area contributed by atoms with Gasteiger partial charge in [0.2, 0.25) is 5.91 Å². The maximum atomic E-state index is 12.5. The van der Waals surface area contributed by atoms with Gasteiger partial charge in [-0.2, -0.15) is 0 Å². The molecule has 3 nitrogen and oxygen atoms in total. The molecule has 0 radical (unpaired) electrons. The van der Waals surface area contributed by atoms with Gasteiger partial charge in [0.25, 0.3) is 0 Å². The number of amides is 1. The van der Waals surface area contributed by atoms with Crippen molar-refractivity contribution in [2.75, 3.05) is 19.5 Å². The van der Waals surface area contributed by atoms with Gasteiger partial charge in [-0.3, -0.25) is 4.79 Å². The first-order chi connectivity index (χ1) is 8.95. The summed E-state index contributed by atoms with van der Waals surface area (Å²) >= 11 is 5.93. The van der Waals surface area contributed by atoms with E-state index < -0.39 is 0 Å². The molecular formula is C15H20ClNO2. The maximum absolute atomic E-state index is 12.5. The van der Waals surface area contributed by atoms with Crippen molar-refractivity contribution in [1.82, 2.24) is 4.90 Å². The highest BCUT2D eigenvalue weighted by atomic mass is 35.5. The normalized spacial score (nSPS) is 18.4.